The van der Waals surface area contributed by atoms with Crippen LogP contribution in [-0.4, -0.2) is 24.5 Å². The molecule has 17 heavy (non-hydrogen) atoms. The predicted octanol–water partition coefficient (Wildman–Crippen LogP) is 4.71. The number of likely N-dealkylation sites (tertiary alicyclic amines) is 1. The van der Waals surface area contributed by atoms with Crippen molar-refractivity contribution < 1.29 is 0 Å². The molecule has 0 bridgehead atoms. The summed E-state index contributed by atoms with van der Waals surface area (Å²) in [7, 11) is 0. The fraction of sp³-hybridized carbons (Fsp3) is 1.00. The van der Waals surface area contributed by atoms with Crippen LogP contribution in [0.1, 0.15) is 72.6 Å². The Morgan fingerprint density at radius 3 is 1.88 bits per heavy atom. The normalized spacial score (nSPS) is 25.4. The summed E-state index contributed by atoms with van der Waals surface area (Å²) in [5.41, 5.74) is 0.775. The Labute approximate surface area is 109 Å². The molecule has 1 spiro atoms. The van der Waals surface area contributed by atoms with Crippen molar-refractivity contribution in [2.24, 2.45) is 11.3 Å². The van der Waals surface area contributed by atoms with E-state index in [0.717, 1.165) is 11.3 Å². The van der Waals surface area contributed by atoms with Gasteiger partial charge in [-0.05, 0) is 69.5 Å². The van der Waals surface area contributed by atoms with Crippen molar-refractivity contribution in [3.05, 3.63) is 0 Å². The standard InChI is InChI=1S/C14H27N.C2H6/c1-3-13-5-7-14(8-6-13)9-11-15(4-2)12-10-14;1-2/h13H,3-12H2,1-2H3;1-2H3. The fourth-order valence-corrected chi connectivity index (χ4v) is 3.54. The first-order valence-corrected chi connectivity index (χ1v) is 8.00. The molecule has 1 aliphatic heterocycles. The molecule has 102 valence electrons. The van der Waals surface area contributed by atoms with Crippen LogP contribution in [0.4, 0.5) is 0 Å². The fourth-order valence-electron chi connectivity index (χ4n) is 3.54. The Balaban J connectivity index is 0.000000686. The van der Waals surface area contributed by atoms with Crippen molar-refractivity contribution in [2.45, 2.75) is 72.6 Å². The molecule has 0 aromatic heterocycles. The summed E-state index contributed by atoms with van der Waals surface area (Å²) in [6.45, 7) is 12.7. The average molecular weight is 239 g/mol. The van der Waals surface area contributed by atoms with Gasteiger partial charge in [-0.15, -0.1) is 0 Å². The molecule has 0 aromatic rings. The number of rotatable bonds is 2. The summed E-state index contributed by atoms with van der Waals surface area (Å²) in [4.78, 5) is 2.62. The second-order valence-electron chi connectivity index (χ2n) is 5.79. The van der Waals surface area contributed by atoms with E-state index < -0.39 is 0 Å². The number of piperidine rings is 1. The highest BCUT2D eigenvalue weighted by molar-refractivity contribution is 4.89. The highest BCUT2D eigenvalue weighted by Crippen LogP contribution is 2.46. The maximum atomic E-state index is 2.62. The van der Waals surface area contributed by atoms with Gasteiger partial charge in [0.15, 0.2) is 0 Å². The number of hydrogen-bond acceptors (Lipinski definition) is 1. The maximum absolute atomic E-state index is 2.62. The van der Waals surface area contributed by atoms with Gasteiger partial charge in [0, 0.05) is 0 Å². The van der Waals surface area contributed by atoms with Crippen LogP contribution in [0.3, 0.4) is 0 Å². The van der Waals surface area contributed by atoms with Gasteiger partial charge < -0.3 is 4.90 Å². The Hall–Kier alpha value is -0.0400. The molecule has 2 aliphatic rings. The van der Waals surface area contributed by atoms with Crippen LogP contribution < -0.4 is 0 Å². The lowest BCUT2D eigenvalue weighted by Gasteiger charge is -2.45. The van der Waals surface area contributed by atoms with Crippen LogP contribution in [0.2, 0.25) is 0 Å². The molecule has 0 N–H and O–H groups in total. The van der Waals surface area contributed by atoms with Gasteiger partial charge in [-0.2, -0.15) is 0 Å². The molecule has 1 saturated heterocycles. The SMILES string of the molecule is CC.CCC1CCC2(CC1)CCN(CC)CC2. The van der Waals surface area contributed by atoms with Crippen LogP contribution in [-0.2, 0) is 0 Å². The molecule has 1 nitrogen and oxygen atoms in total. The first-order valence-electron chi connectivity index (χ1n) is 8.00. The smallest absolute Gasteiger partial charge is 0.00135 e. The molecule has 1 heteroatoms. The Bertz CT molecular complexity index is 158. The Morgan fingerprint density at radius 1 is 0.941 bits per heavy atom. The first kappa shape index (κ1) is 15.0. The maximum Gasteiger partial charge on any atom is -0.00135 e. The molecule has 0 aromatic carbocycles. The van der Waals surface area contributed by atoms with Gasteiger partial charge in [0.2, 0.25) is 0 Å². The third-order valence-corrected chi connectivity index (χ3v) is 5.11. The average Bonchev–Trinajstić information content (AvgIpc) is 2.43. The molecule has 1 aliphatic carbocycles. The molecule has 0 radical (unpaired) electrons. The van der Waals surface area contributed by atoms with Gasteiger partial charge in [-0.25, -0.2) is 0 Å². The van der Waals surface area contributed by atoms with Crippen molar-refractivity contribution in [2.75, 3.05) is 19.6 Å². The Morgan fingerprint density at radius 2 is 1.47 bits per heavy atom. The zero-order valence-electron chi connectivity index (χ0n) is 12.6. The van der Waals surface area contributed by atoms with Crippen molar-refractivity contribution in [3.63, 3.8) is 0 Å². The van der Waals surface area contributed by atoms with Gasteiger partial charge in [-0.3, -0.25) is 0 Å². The molecular formula is C16H33N. The van der Waals surface area contributed by atoms with Crippen molar-refractivity contribution in [1.82, 2.24) is 4.90 Å². The highest BCUT2D eigenvalue weighted by atomic mass is 15.1. The molecule has 2 fully saturated rings. The molecule has 0 unspecified atom stereocenters. The van der Waals surface area contributed by atoms with Crippen molar-refractivity contribution in [1.29, 1.82) is 0 Å². The lowest BCUT2D eigenvalue weighted by molar-refractivity contribution is 0.0538. The van der Waals surface area contributed by atoms with Gasteiger partial charge in [0.25, 0.3) is 0 Å². The third-order valence-electron chi connectivity index (χ3n) is 5.11. The molecule has 2 rings (SSSR count). The van der Waals surface area contributed by atoms with Crippen molar-refractivity contribution in [3.8, 4) is 0 Å². The zero-order chi connectivity index (χ0) is 12.7. The van der Waals surface area contributed by atoms with E-state index in [0.29, 0.717) is 0 Å². The largest absolute Gasteiger partial charge is 0.304 e. The quantitative estimate of drug-likeness (QED) is 0.674. The van der Waals surface area contributed by atoms with E-state index in [-0.39, 0.29) is 0 Å². The second-order valence-corrected chi connectivity index (χ2v) is 5.79. The van der Waals surface area contributed by atoms with Gasteiger partial charge in [0.1, 0.15) is 0 Å². The lowest BCUT2D eigenvalue weighted by Crippen LogP contribution is -2.41. The van der Waals surface area contributed by atoms with Crippen LogP contribution in [0.5, 0.6) is 0 Å². The van der Waals surface area contributed by atoms with Crippen LogP contribution in [0.15, 0.2) is 0 Å². The van der Waals surface area contributed by atoms with E-state index in [1.54, 1.807) is 0 Å². The lowest BCUT2D eigenvalue weighted by atomic mass is 9.65. The monoisotopic (exact) mass is 239 g/mol. The summed E-state index contributed by atoms with van der Waals surface area (Å²) in [5, 5.41) is 0. The summed E-state index contributed by atoms with van der Waals surface area (Å²) < 4.78 is 0. The minimum absolute atomic E-state index is 0.775. The summed E-state index contributed by atoms with van der Waals surface area (Å²) in [6.07, 6.45) is 10.5. The summed E-state index contributed by atoms with van der Waals surface area (Å²) in [5.74, 6) is 1.06. The van der Waals surface area contributed by atoms with Crippen LogP contribution >= 0.6 is 0 Å². The van der Waals surface area contributed by atoms with Gasteiger partial charge in [0.05, 0.1) is 0 Å². The van der Waals surface area contributed by atoms with Crippen LogP contribution in [0.25, 0.3) is 0 Å². The Kier molecular flexibility index (Phi) is 6.54. The molecular weight excluding hydrogens is 206 g/mol. The number of nitrogens with zero attached hydrogens (tertiary/aromatic N) is 1. The third kappa shape index (κ3) is 3.98. The van der Waals surface area contributed by atoms with E-state index in [1.165, 1.54) is 64.6 Å². The van der Waals surface area contributed by atoms with E-state index in [2.05, 4.69) is 18.7 Å². The topological polar surface area (TPSA) is 3.24 Å². The predicted molar refractivity (Wildman–Crippen MR) is 77.4 cm³/mol. The van der Waals surface area contributed by atoms with Gasteiger partial charge >= 0.3 is 0 Å². The molecule has 1 saturated carbocycles. The molecule has 1 heterocycles. The highest BCUT2D eigenvalue weighted by Gasteiger charge is 2.37. The van der Waals surface area contributed by atoms with E-state index in [1.807, 2.05) is 13.8 Å². The van der Waals surface area contributed by atoms with E-state index >= 15 is 0 Å². The van der Waals surface area contributed by atoms with E-state index in [9.17, 15) is 0 Å². The second kappa shape index (κ2) is 7.41. The first-order chi connectivity index (χ1) is 8.28. The minimum atomic E-state index is 0.775. The summed E-state index contributed by atoms with van der Waals surface area (Å²) in [6, 6.07) is 0. The van der Waals surface area contributed by atoms with Crippen LogP contribution in [0, 0.1) is 11.3 Å². The van der Waals surface area contributed by atoms with E-state index in [4.69, 9.17) is 0 Å². The zero-order valence-corrected chi connectivity index (χ0v) is 12.6. The molecule has 0 atom stereocenters. The minimum Gasteiger partial charge on any atom is -0.304 e. The molecule has 0 amide bonds. The number of hydrogen-bond donors (Lipinski definition) is 0. The van der Waals surface area contributed by atoms with Crippen molar-refractivity contribution >= 4 is 0 Å². The van der Waals surface area contributed by atoms with Gasteiger partial charge in [-0.1, -0.05) is 34.1 Å². The summed E-state index contributed by atoms with van der Waals surface area (Å²) >= 11 is 0.